The Hall–Kier alpha value is -0.0800. The van der Waals surface area contributed by atoms with E-state index in [9.17, 15) is 0 Å². The molecule has 1 fully saturated rings. The molecule has 14 heavy (non-hydrogen) atoms. The van der Waals surface area contributed by atoms with Crippen molar-refractivity contribution in [3.05, 3.63) is 0 Å². The molecule has 0 saturated carbocycles. The first-order valence-electron chi connectivity index (χ1n) is 5.76. The van der Waals surface area contributed by atoms with Gasteiger partial charge in [-0.2, -0.15) is 0 Å². The van der Waals surface area contributed by atoms with Crippen LogP contribution in [0.25, 0.3) is 0 Å². The topological polar surface area (TPSA) is 15.3 Å². The normalized spacial score (nSPS) is 29.1. The molecule has 0 spiro atoms. The van der Waals surface area contributed by atoms with Gasteiger partial charge >= 0.3 is 0 Å². The zero-order chi connectivity index (χ0) is 11.0. The van der Waals surface area contributed by atoms with E-state index in [2.05, 4.69) is 51.8 Å². The van der Waals surface area contributed by atoms with Crippen LogP contribution in [0.4, 0.5) is 0 Å². The maximum absolute atomic E-state index is 3.67. The van der Waals surface area contributed by atoms with Crippen LogP contribution in [-0.4, -0.2) is 36.1 Å². The molecule has 2 heteroatoms. The molecule has 0 aromatic rings. The summed E-state index contributed by atoms with van der Waals surface area (Å²) in [5.41, 5.74) is 0.681. The molecular formula is C12H26N2. The fourth-order valence-corrected chi connectivity index (χ4v) is 2.15. The molecule has 0 aromatic carbocycles. The standard InChI is InChI=1S/C12H26N2/c1-7-14-8-10(11(2,3)4)13-9-12(14,5)6/h10,13H,7-9H2,1-6H3. The van der Waals surface area contributed by atoms with Gasteiger partial charge in [0.05, 0.1) is 0 Å². The zero-order valence-electron chi connectivity index (χ0n) is 10.6. The summed E-state index contributed by atoms with van der Waals surface area (Å²) in [7, 11) is 0. The van der Waals surface area contributed by atoms with Crippen molar-refractivity contribution in [3.63, 3.8) is 0 Å². The van der Waals surface area contributed by atoms with Crippen molar-refractivity contribution in [2.24, 2.45) is 5.41 Å². The Morgan fingerprint density at radius 3 is 2.36 bits per heavy atom. The number of hydrogen-bond acceptors (Lipinski definition) is 2. The summed E-state index contributed by atoms with van der Waals surface area (Å²) in [4.78, 5) is 2.58. The lowest BCUT2D eigenvalue weighted by molar-refractivity contribution is 0.0406. The van der Waals surface area contributed by atoms with Gasteiger partial charge in [0.15, 0.2) is 0 Å². The molecule has 0 bridgehead atoms. The molecule has 1 unspecified atom stereocenters. The molecule has 1 aliphatic heterocycles. The molecule has 1 rings (SSSR count). The third-order valence-corrected chi connectivity index (χ3v) is 3.47. The molecule has 2 nitrogen and oxygen atoms in total. The van der Waals surface area contributed by atoms with Crippen molar-refractivity contribution in [1.29, 1.82) is 0 Å². The minimum Gasteiger partial charge on any atom is -0.310 e. The maximum atomic E-state index is 3.67. The number of likely N-dealkylation sites (N-methyl/N-ethyl adjacent to an activating group) is 1. The second kappa shape index (κ2) is 3.82. The smallest absolute Gasteiger partial charge is 0.0278 e. The van der Waals surface area contributed by atoms with Gasteiger partial charge in [0, 0.05) is 24.7 Å². The molecule has 1 N–H and O–H groups in total. The highest BCUT2D eigenvalue weighted by atomic mass is 15.3. The van der Waals surface area contributed by atoms with Crippen molar-refractivity contribution in [2.75, 3.05) is 19.6 Å². The Morgan fingerprint density at radius 1 is 1.36 bits per heavy atom. The molecule has 1 atom stereocenters. The Morgan fingerprint density at radius 2 is 1.93 bits per heavy atom. The van der Waals surface area contributed by atoms with Crippen LogP contribution >= 0.6 is 0 Å². The maximum Gasteiger partial charge on any atom is 0.0278 e. The second-order valence-corrected chi connectivity index (χ2v) is 6.15. The average Bonchev–Trinajstić information content (AvgIpc) is 2.01. The van der Waals surface area contributed by atoms with Crippen LogP contribution in [0.3, 0.4) is 0 Å². The summed E-state index contributed by atoms with van der Waals surface area (Å²) in [6.45, 7) is 17.3. The van der Waals surface area contributed by atoms with Crippen LogP contribution in [-0.2, 0) is 0 Å². The minimum absolute atomic E-state index is 0.316. The van der Waals surface area contributed by atoms with Gasteiger partial charge in [0.25, 0.3) is 0 Å². The monoisotopic (exact) mass is 198 g/mol. The average molecular weight is 198 g/mol. The quantitative estimate of drug-likeness (QED) is 0.694. The number of hydrogen-bond donors (Lipinski definition) is 1. The van der Waals surface area contributed by atoms with Crippen LogP contribution in [0.15, 0.2) is 0 Å². The molecule has 0 amide bonds. The van der Waals surface area contributed by atoms with Crippen molar-refractivity contribution in [2.45, 2.75) is 53.1 Å². The fourth-order valence-electron chi connectivity index (χ4n) is 2.15. The number of nitrogens with one attached hydrogen (secondary N) is 1. The van der Waals surface area contributed by atoms with E-state index in [1.165, 1.54) is 6.54 Å². The van der Waals surface area contributed by atoms with Gasteiger partial charge in [-0.15, -0.1) is 0 Å². The Labute approximate surface area is 89.1 Å². The van der Waals surface area contributed by atoms with Crippen LogP contribution in [0.5, 0.6) is 0 Å². The van der Waals surface area contributed by atoms with E-state index in [0.717, 1.165) is 13.1 Å². The SMILES string of the molecule is CCN1CC(C(C)(C)C)NCC1(C)C. The highest BCUT2D eigenvalue weighted by Gasteiger charge is 2.37. The number of piperazine rings is 1. The van der Waals surface area contributed by atoms with Gasteiger partial charge in [-0.1, -0.05) is 27.7 Å². The van der Waals surface area contributed by atoms with Crippen LogP contribution in [0.1, 0.15) is 41.5 Å². The highest BCUT2D eigenvalue weighted by Crippen LogP contribution is 2.26. The lowest BCUT2D eigenvalue weighted by Gasteiger charge is -2.49. The Kier molecular flexibility index (Phi) is 3.27. The van der Waals surface area contributed by atoms with E-state index >= 15 is 0 Å². The van der Waals surface area contributed by atoms with E-state index in [4.69, 9.17) is 0 Å². The zero-order valence-corrected chi connectivity index (χ0v) is 10.6. The summed E-state index contributed by atoms with van der Waals surface area (Å²) in [5, 5.41) is 3.67. The van der Waals surface area contributed by atoms with Crippen LogP contribution < -0.4 is 5.32 Å². The van der Waals surface area contributed by atoms with Crippen molar-refractivity contribution in [1.82, 2.24) is 10.2 Å². The lowest BCUT2D eigenvalue weighted by atomic mass is 9.83. The van der Waals surface area contributed by atoms with E-state index in [0.29, 0.717) is 17.0 Å². The first-order valence-corrected chi connectivity index (χ1v) is 5.76. The van der Waals surface area contributed by atoms with E-state index in [1.807, 2.05) is 0 Å². The minimum atomic E-state index is 0.316. The van der Waals surface area contributed by atoms with Gasteiger partial charge in [-0.25, -0.2) is 0 Å². The van der Waals surface area contributed by atoms with Gasteiger partial charge in [0.2, 0.25) is 0 Å². The molecule has 1 aliphatic rings. The van der Waals surface area contributed by atoms with Crippen LogP contribution in [0.2, 0.25) is 0 Å². The molecule has 1 heterocycles. The predicted octanol–water partition coefficient (Wildman–Crippen LogP) is 2.10. The van der Waals surface area contributed by atoms with Crippen LogP contribution in [0, 0.1) is 5.41 Å². The fraction of sp³-hybridized carbons (Fsp3) is 1.00. The first-order chi connectivity index (χ1) is 6.27. The van der Waals surface area contributed by atoms with E-state index in [1.54, 1.807) is 0 Å². The number of nitrogens with zero attached hydrogens (tertiary/aromatic N) is 1. The van der Waals surface area contributed by atoms with Gasteiger partial charge in [-0.3, -0.25) is 4.90 Å². The molecule has 0 radical (unpaired) electrons. The van der Waals surface area contributed by atoms with E-state index in [-0.39, 0.29) is 0 Å². The first kappa shape index (κ1) is 12.0. The van der Waals surface area contributed by atoms with Crippen molar-refractivity contribution < 1.29 is 0 Å². The summed E-state index contributed by atoms with van der Waals surface area (Å²) in [6.07, 6.45) is 0. The summed E-state index contributed by atoms with van der Waals surface area (Å²) < 4.78 is 0. The highest BCUT2D eigenvalue weighted by molar-refractivity contribution is 4.96. The molecule has 0 aliphatic carbocycles. The van der Waals surface area contributed by atoms with Gasteiger partial charge in [-0.05, 0) is 25.8 Å². The van der Waals surface area contributed by atoms with Crippen molar-refractivity contribution >= 4 is 0 Å². The van der Waals surface area contributed by atoms with E-state index < -0.39 is 0 Å². The predicted molar refractivity (Wildman–Crippen MR) is 62.6 cm³/mol. The third kappa shape index (κ3) is 2.48. The summed E-state index contributed by atoms with van der Waals surface area (Å²) >= 11 is 0. The molecular weight excluding hydrogens is 172 g/mol. The third-order valence-electron chi connectivity index (χ3n) is 3.47. The Balaban J connectivity index is 2.67. The molecule has 1 saturated heterocycles. The second-order valence-electron chi connectivity index (χ2n) is 6.15. The van der Waals surface area contributed by atoms with Gasteiger partial charge < -0.3 is 5.32 Å². The summed E-state index contributed by atoms with van der Waals surface area (Å²) in [5.74, 6) is 0. The Bertz CT molecular complexity index is 191. The van der Waals surface area contributed by atoms with Gasteiger partial charge in [0.1, 0.15) is 0 Å². The largest absolute Gasteiger partial charge is 0.310 e. The molecule has 0 aromatic heterocycles. The van der Waals surface area contributed by atoms with Crippen molar-refractivity contribution in [3.8, 4) is 0 Å². The summed E-state index contributed by atoms with van der Waals surface area (Å²) in [6, 6.07) is 0.621. The number of rotatable bonds is 1. The lowest BCUT2D eigenvalue weighted by Crippen LogP contribution is -2.64. The molecule has 84 valence electrons.